The largest absolute Gasteiger partial charge is 0.376 e. The highest BCUT2D eigenvalue weighted by Crippen LogP contribution is 2.41. The number of aromatic nitrogens is 1. The molecular weight excluding hydrogens is 346 g/mol. The molecule has 7 nitrogen and oxygen atoms in total. The van der Waals surface area contributed by atoms with E-state index >= 15 is 0 Å². The number of ether oxygens (including phenoxy) is 1. The smallest absolute Gasteiger partial charge is 0.276 e. The second-order valence-corrected chi connectivity index (χ2v) is 8.65. The number of carbonyl (C=O) groups is 2. The van der Waals surface area contributed by atoms with Crippen molar-refractivity contribution in [3.8, 4) is 0 Å². The normalized spacial score (nSPS) is 25.1. The van der Waals surface area contributed by atoms with Crippen LogP contribution in [0.2, 0.25) is 0 Å². The van der Waals surface area contributed by atoms with Gasteiger partial charge in [0.2, 0.25) is 5.91 Å². The minimum Gasteiger partial charge on any atom is -0.376 e. The molecule has 0 bridgehead atoms. The Morgan fingerprint density at radius 2 is 2.15 bits per heavy atom. The van der Waals surface area contributed by atoms with Crippen molar-refractivity contribution >= 4 is 11.8 Å². The molecule has 7 heteroatoms. The minimum absolute atomic E-state index is 0.0133. The second-order valence-electron chi connectivity index (χ2n) is 8.65. The Morgan fingerprint density at radius 1 is 1.37 bits per heavy atom. The van der Waals surface area contributed by atoms with Crippen LogP contribution in [0.25, 0.3) is 0 Å². The van der Waals surface area contributed by atoms with E-state index in [0.29, 0.717) is 25.2 Å². The molecule has 1 spiro atoms. The molecular formula is C20H29N3O4. The first-order valence-electron chi connectivity index (χ1n) is 10.1. The molecule has 148 valence electrons. The monoisotopic (exact) mass is 375 g/mol. The van der Waals surface area contributed by atoms with Gasteiger partial charge in [0.1, 0.15) is 5.76 Å². The standard InChI is InChI=1S/C20H29N3O4/c1-14(2)17-10-16(21-27-17)19(25)22-7-5-20(6-8-22)11-18(24)23(13-20)12-15-4-3-9-26-15/h10,14-15H,3-9,11-13H2,1-2H3/t15-/m1/s1. The lowest BCUT2D eigenvalue weighted by molar-refractivity contribution is -0.129. The molecule has 1 aromatic heterocycles. The van der Waals surface area contributed by atoms with Gasteiger partial charge in [-0.25, -0.2) is 0 Å². The summed E-state index contributed by atoms with van der Waals surface area (Å²) in [7, 11) is 0. The topological polar surface area (TPSA) is 75.9 Å². The van der Waals surface area contributed by atoms with E-state index < -0.39 is 0 Å². The van der Waals surface area contributed by atoms with Crippen molar-refractivity contribution in [1.29, 1.82) is 0 Å². The van der Waals surface area contributed by atoms with Crippen LogP contribution in [0.1, 0.15) is 68.1 Å². The van der Waals surface area contributed by atoms with E-state index in [1.165, 1.54) is 0 Å². The molecule has 0 aliphatic carbocycles. The van der Waals surface area contributed by atoms with Crippen LogP contribution >= 0.6 is 0 Å². The summed E-state index contributed by atoms with van der Waals surface area (Å²) in [5.41, 5.74) is 0.400. The zero-order chi connectivity index (χ0) is 19.0. The lowest BCUT2D eigenvalue weighted by atomic mass is 9.77. The van der Waals surface area contributed by atoms with Gasteiger partial charge < -0.3 is 19.1 Å². The van der Waals surface area contributed by atoms with Crippen LogP contribution in [0, 0.1) is 5.41 Å². The Bertz CT molecular complexity index is 700. The fraction of sp³-hybridized carbons (Fsp3) is 0.750. The molecule has 4 heterocycles. The maximum absolute atomic E-state index is 12.7. The van der Waals surface area contributed by atoms with Gasteiger partial charge in [0, 0.05) is 56.6 Å². The highest BCUT2D eigenvalue weighted by atomic mass is 16.5. The summed E-state index contributed by atoms with van der Waals surface area (Å²) in [5, 5.41) is 3.94. The molecule has 0 saturated carbocycles. The number of amides is 2. The van der Waals surface area contributed by atoms with Crippen LogP contribution in [0.5, 0.6) is 0 Å². The van der Waals surface area contributed by atoms with E-state index in [1.807, 2.05) is 23.6 Å². The molecule has 1 aromatic rings. The average Bonchev–Trinajstić information content (AvgIpc) is 3.37. The molecule has 2 amide bonds. The van der Waals surface area contributed by atoms with Crippen LogP contribution in [0.4, 0.5) is 0 Å². The number of rotatable bonds is 4. The Labute approximate surface area is 160 Å². The van der Waals surface area contributed by atoms with Crippen LogP contribution in [0.15, 0.2) is 10.6 Å². The predicted molar refractivity (Wildman–Crippen MR) is 98.3 cm³/mol. The van der Waals surface area contributed by atoms with E-state index in [0.717, 1.165) is 51.1 Å². The Kier molecular flexibility index (Phi) is 4.97. The SMILES string of the molecule is CC(C)c1cc(C(=O)N2CCC3(CC2)CC(=O)N(C[C@H]2CCCO2)C3)no1. The average molecular weight is 375 g/mol. The predicted octanol–water partition coefficient (Wildman–Crippen LogP) is 2.43. The Hall–Kier alpha value is -1.89. The summed E-state index contributed by atoms with van der Waals surface area (Å²) in [5.74, 6) is 1.12. The molecule has 4 rings (SSSR count). The number of piperidine rings is 1. The van der Waals surface area contributed by atoms with Crippen LogP contribution in [-0.2, 0) is 9.53 Å². The molecule has 27 heavy (non-hydrogen) atoms. The van der Waals surface area contributed by atoms with Gasteiger partial charge in [0.05, 0.1) is 6.10 Å². The Balaban J connectivity index is 1.34. The van der Waals surface area contributed by atoms with Crippen molar-refractivity contribution in [3.05, 3.63) is 17.5 Å². The van der Waals surface area contributed by atoms with Gasteiger partial charge in [0.25, 0.3) is 5.91 Å². The lowest BCUT2D eigenvalue weighted by Gasteiger charge is -2.38. The fourth-order valence-electron chi connectivity index (χ4n) is 4.53. The number of hydrogen-bond acceptors (Lipinski definition) is 5. The molecule has 0 aromatic carbocycles. The quantitative estimate of drug-likeness (QED) is 0.808. The molecule has 0 radical (unpaired) electrons. The van der Waals surface area contributed by atoms with Gasteiger partial charge >= 0.3 is 0 Å². The minimum atomic E-state index is -0.0685. The zero-order valence-corrected chi connectivity index (χ0v) is 16.3. The summed E-state index contributed by atoms with van der Waals surface area (Å²) >= 11 is 0. The summed E-state index contributed by atoms with van der Waals surface area (Å²) < 4.78 is 11.0. The van der Waals surface area contributed by atoms with Crippen molar-refractivity contribution in [2.24, 2.45) is 5.41 Å². The summed E-state index contributed by atoms with van der Waals surface area (Å²) in [6, 6.07) is 1.75. The van der Waals surface area contributed by atoms with E-state index in [9.17, 15) is 9.59 Å². The molecule has 3 fully saturated rings. The van der Waals surface area contributed by atoms with Gasteiger partial charge in [-0.05, 0) is 25.7 Å². The maximum atomic E-state index is 12.7. The number of carbonyl (C=O) groups excluding carboxylic acids is 2. The molecule has 3 aliphatic rings. The van der Waals surface area contributed by atoms with E-state index in [1.54, 1.807) is 6.07 Å². The third-order valence-electron chi connectivity index (χ3n) is 6.28. The van der Waals surface area contributed by atoms with E-state index in [2.05, 4.69) is 5.16 Å². The highest BCUT2D eigenvalue weighted by Gasteiger charge is 2.46. The maximum Gasteiger partial charge on any atom is 0.276 e. The summed E-state index contributed by atoms with van der Waals surface area (Å²) in [6.07, 6.45) is 4.67. The van der Waals surface area contributed by atoms with Gasteiger partial charge in [0.15, 0.2) is 5.69 Å². The first kappa shape index (κ1) is 18.5. The van der Waals surface area contributed by atoms with Crippen molar-refractivity contribution in [2.45, 2.75) is 58.0 Å². The first-order chi connectivity index (χ1) is 13.0. The highest BCUT2D eigenvalue weighted by molar-refractivity contribution is 5.92. The van der Waals surface area contributed by atoms with Crippen LogP contribution < -0.4 is 0 Å². The van der Waals surface area contributed by atoms with E-state index in [4.69, 9.17) is 9.26 Å². The second kappa shape index (κ2) is 7.26. The summed E-state index contributed by atoms with van der Waals surface area (Å²) in [4.78, 5) is 29.0. The van der Waals surface area contributed by atoms with Crippen molar-refractivity contribution in [2.75, 3.05) is 32.8 Å². The summed E-state index contributed by atoms with van der Waals surface area (Å²) in [6.45, 7) is 7.70. The molecule has 3 aliphatic heterocycles. The molecule has 1 atom stereocenters. The molecule has 3 saturated heterocycles. The zero-order valence-electron chi connectivity index (χ0n) is 16.3. The number of nitrogens with zero attached hydrogens (tertiary/aromatic N) is 3. The van der Waals surface area contributed by atoms with Crippen LogP contribution in [0.3, 0.4) is 0 Å². The van der Waals surface area contributed by atoms with Gasteiger partial charge in [-0.3, -0.25) is 9.59 Å². The van der Waals surface area contributed by atoms with Crippen molar-refractivity contribution < 1.29 is 18.8 Å². The Morgan fingerprint density at radius 3 is 2.78 bits per heavy atom. The third kappa shape index (κ3) is 3.74. The number of likely N-dealkylation sites (tertiary alicyclic amines) is 2. The lowest BCUT2D eigenvalue weighted by Crippen LogP contribution is -2.44. The number of hydrogen-bond donors (Lipinski definition) is 0. The molecule has 0 unspecified atom stereocenters. The third-order valence-corrected chi connectivity index (χ3v) is 6.28. The van der Waals surface area contributed by atoms with E-state index in [-0.39, 0.29) is 29.3 Å². The van der Waals surface area contributed by atoms with Crippen molar-refractivity contribution in [3.63, 3.8) is 0 Å². The van der Waals surface area contributed by atoms with Gasteiger partial charge in [-0.2, -0.15) is 0 Å². The molecule has 0 N–H and O–H groups in total. The van der Waals surface area contributed by atoms with Gasteiger partial charge in [-0.1, -0.05) is 19.0 Å². The van der Waals surface area contributed by atoms with Gasteiger partial charge in [-0.15, -0.1) is 0 Å². The first-order valence-corrected chi connectivity index (χ1v) is 10.1. The fourth-order valence-corrected chi connectivity index (χ4v) is 4.53. The van der Waals surface area contributed by atoms with Crippen LogP contribution in [-0.4, -0.2) is 65.7 Å². The van der Waals surface area contributed by atoms with Crippen molar-refractivity contribution in [1.82, 2.24) is 15.0 Å².